The van der Waals surface area contributed by atoms with E-state index in [4.69, 9.17) is 4.74 Å². The lowest BCUT2D eigenvalue weighted by Gasteiger charge is -2.46. The Bertz CT molecular complexity index is 323. The molecule has 4 unspecified atom stereocenters. The van der Waals surface area contributed by atoms with E-state index in [1.54, 1.807) is 0 Å². The molecule has 3 rings (SSSR count). The minimum atomic E-state index is -0.209. The molecule has 0 aromatic carbocycles. The summed E-state index contributed by atoms with van der Waals surface area (Å²) in [5.74, 6) is 1.93. The third-order valence-electron chi connectivity index (χ3n) is 5.15. The standard InChI is InChI=1S/C14H20O2/c1-2-13(15)16-14-8-4-3-5-12(14)10-6-7-11(14)9-10/h2,10-12H,1,3-9H2. The highest BCUT2D eigenvalue weighted by Gasteiger charge is 2.60. The zero-order valence-electron chi connectivity index (χ0n) is 9.78. The Morgan fingerprint density at radius 2 is 2.19 bits per heavy atom. The van der Waals surface area contributed by atoms with Crippen molar-refractivity contribution in [3.63, 3.8) is 0 Å². The maximum Gasteiger partial charge on any atom is 0.330 e. The van der Waals surface area contributed by atoms with Gasteiger partial charge in [-0.25, -0.2) is 4.79 Å². The molecule has 2 heteroatoms. The predicted octanol–water partition coefficient (Wildman–Crippen LogP) is 3.07. The molecule has 16 heavy (non-hydrogen) atoms. The summed E-state index contributed by atoms with van der Waals surface area (Å²) < 4.78 is 5.83. The fourth-order valence-electron chi connectivity index (χ4n) is 4.60. The molecule has 0 aromatic rings. The van der Waals surface area contributed by atoms with Crippen LogP contribution >= 0.6 is 0 Å². The first-order valence-electron chi connectivity index (χ1n) is 6.61. The summed E-state index contributed by atoms with van der Waals surface area (Å²) in [5.41, 5.74) is -0.0908. The molecule has 3 aliphatic carbocycles. The third-order valence-corrected chi connectivity index (χ3v) is 5.15. The van der Waals surface area contributed by atoms with Gasteiger partial charge in [-0.3, -0.25) is 0 Å². The van der Waals surface area contributed by atoms with Gasteiger partial charge in [-0.15, -0.1) is 0 Å². The van der Waals surface area contributed by atoms with Gasteiger partial charge in [-0.1, -0.05) is 13.0 Å². The van der Waals surface area contributed by atoms with Crippen molar-refractivity contribution in [2.24, 2.45) is 17.8 Å². The van der Waals surface area contributed by atoms with Gasteiger partial charge in [0.2, 0.25) is 0 Å². The van der Waals surface area contributed by atoms with Gasteiger partial charge < -0.3 is 4.74 Å². The molecule has 88 valence electrons. The Labute approximate surface area is 97.1 Å². The first-order valence-corrected chi connectivity index (χ1v) is 6.61. The number of carbonyl (C=O) groups is 1. The van der Waals surface area contributed by atoms with Crippen LogP contribution in [0.3, 0.4) is 0 Å². The molecule has 0 aliphatic heterocycles. The summed E-state index contributed by atoms with van der Waals surface area (Å²) in [6, 6.07) is 0. The molecular weight excluding hydrogens is 200 g/mol. The molecule has 2 nitrogen and oxygen atoms in total. The highest BCUT2D eigenvalue weighted by molar-refractivity contribution is 5.81. The van der Waals surface area contributed by atoms with Crippen molar-refractivity contribution in [1.29, 1.82) is 0 Å². The van der Waals surface area contributed by atoms with Crippen LogP contribution in [-0.2, 0) is 9.53 Å². The molecule has 0 N–H and O–H groups in total. The van der Waals surface area contributed by atoms with Crippen LogP contribution in [0.5, 0.6) is 0 Å². The summed E-state index contributed by atoms with van der Waals surface area (Å²) in [7, 11) is 0. The molecule has 0 heterocycles. The van der Waals surface area contributed by atoms with Gasteiger partial charge in [0.1, 0.15) is 5.60 Å². The molecule has 3 fully saturated rings. The van der Waals surface area contributed by atoms with Gasteiger partial charge in [-0.2, -0.15) is 0 Å². The number of ether oxygens (including phenoxy) is 1. The van der Waals surface area contributed by atoms with E-state index in [2.05, 4.69) is 6.58 Å². The van der Waals surface area contributed by atoms with Crippen LogP contribution in [0.15, 0.2) is 12.7 Å². The number of carbonyl (C=O) groups excluding carboxylic acids is 1. The zero-order valence-corrected chi connectivity index (χ0v) is 9.78. The summed E-state index contributed by atoms with van der Waals surface area (Å²) in [6.45, 7) is 3.52. The van der Waals surface area contributed by atoms with E-state index >= 15 is 0 Å². The molecule has 3 saturated carbocycles. The molecular formula is C14H20O2. The van der Waals surface area contributed by atoms with Crippen LogP contribution in [0.25, 0.3) is 0 Å². The van der Waals surface area contributed by atoms with Crippen LogP contribution < -0.4 is 0 Å². The molecule has 0 radical (unpaired) electrons. The van der Waals surface area contributed by atoms with Crippen LogP contribution in [0, 0.1) is 17.8 Å². The maximum absolute atomic E-state index is 11.6. The molecule has 0 amide bonds. The summed E-state index contributed by atoms with van der Waals surface area (Å²) in [5, 5.41) is 0. The number of hydrogen-bond donors (Lipinski definition) is 0. The fourth-order valence-corrected chi connectivity index (χ4v) is 4.60. The van der Waals surface area contributed by atoms with Gasteiger partial charge in [0.25, 0.3) is 0 Å². The van der Waals surface area contributed by atoms with Crippen molar-refractivity contribution in [1.82, 2.24) is 0 Å². The Morgan fingerprint density at radius 3 is 3.00 bits per heavy atom. The van der Waals surface area contributed by atoms with Gasteiger partial charge >= 0.3 is 5.97 Å². The highest BCUT2D eigenvalue weighted by Crippen LogP contribution is 2.61. The van der Waals surface area contributed by atoms with Gasteiger partial charge in [-0.05, 0) is 50.4 Å². The Balaban J connectivity index is 1.88. The molecule has 0 spiro atoms. The third kappa shape index (κ3) is 1.28. The lowest BCUT2D eigenvalue weighted by Crippen LogP contribution is -2.48. The molecule has 0 aromatic heterocycles. The molecule has 2 bridgehead atoms. The second kappa shape index (κ2) is 3.61. The van der Waals surface area contributed by atoms with E-state index in [1.807, 2.05) is 0 Å². The number of rotatable bonds is 2. The van der Waals surface area contributed by atoms with Crippen molar-refractivity contribution >= 4 is 5.97 Å². The van der Waals surface area contributed by atoms with Crippen molar-refractivity contribution in [3.05, 3.63) is 12.7 Å². The van der Waals surface area contributed by atoms with E-state index in [-0.39, 0.29) is 11.6 Å². The van der Waals surface area contributed by atoms with Crippen LogP contribution in [0.1, 0.15) is 44.9 Å². The highest BCUT2D eigenvalue weighted by atomic mass is 16.6. The van der Waals surface area contributed by atoms with E-state index in [1.165, 1.54) is 44.6 Å². The molecule has 3 aliphatic rings. The van der Waals surface area contributed by atoms with Crippen molar-refractivity contribution in [2.45, 2.75) is 50.5 Å². The van der Waals surface area contributed by atoms with E-state index in [0.29, 0.717) is 11.8 Å². The van der Waals surface area contributed by atoms with Crippen LogP contribution in [0.2, 0.25) is 0 Å². The van der Waals surface area contributed by atoms with E-state index in [9.17, 15) is 4.79 Å². The quantitative estimate of drug-likeness (QED) is 0.528. The van der Waals surface area contributed by atoms with Gasteiger partial charge in [0.05, 0.1) is 0 Å². The van der Waals surface area contributed by atoms with Crippen molar-refractivity contribution in [2.75, 3.05) is 0 Å². The van der Waals surface area contributed by atoms with Crippen LogP contribution in [0.4, 0.5) is 0 Å². The number of hydrogen-bond acceptors (Lipinski definition) is 2. The lowest BCUT2D eigenvalue weighted by atomic mass is 9.67. The molecule has 4 atom stereocenters. The SMILES string of the molecule is C=CC(=O)OC12CCCCC1C1CCC2C1. The minimum absolute atomic E-state index is 0.0908. The Kier molecular flexibility index (Phi) is 2.34. The Morgan fingerprint density at radius 1 is 1.31 bits per heavy atom. The van der Waals surface area contributed by atoms with Crippen LogP contribution in [-0.4, -0.2) is 11.6 Å². The van der Waals surface area contributed by atoms with Gasteiger partial charge in [0, 0.05) is 12.0 Å². The number of esters is 1. The second-order valence-corrected chi connectivity index (χ2v) is 5.70. The van der Waals surface area contributed by atoms with E-state index in [0.717, 1.165) is 12.3 Å². The smallest absolute Gasteiger partial charge is 0.330 e. The summed E-state index contributed by atoms with van der Waals surface area (Å²) in [6.07, 6.45) is 10.2. The summed E-state index contributed by atoms with van der Waals surface area (Å²) >= 11 is 0. The minimum Gasteiger partial charge on any atom is -0.455 e. The molecule has 0 saturated heterocycles. The maximum atomic E-state index is 11.6. The monoisotopic (exact) mass is 220 g/mol. The number of fused-ring (bicyclic) bond motifs is 5. The first kappa shape index (κ1) is 10.4. The van der Waals surface area contributed by atoms with Crippen molar-refractivity contribution in [3.8, 4) is 0 Å². The normalized spacial score (nSPS) is 45.1. The first-order chi connectivity index (χ1) is 7.76. The lowest BCUT2D eigenvalue weighted by molar-refractivity contribution is -0.173. The largest absolute Gasteiger partial charge is 0.455 e. The fraction of sp³-hybridized carbons (Fsp3) is 0.786. The topological polar surface area (TPSA) is 26.3 Å². The van der Waals surface area contributed by atoms with E-state index < -0.39 is 0 Å². The average molecular weight is 220 g/mol. The summed E-state index contributed by atoms with van der Waals surface area (Å²) in [4.78, 5) is 11.6. The average Bonchev–Trinajstić information content (AvgIpc) is 2.89. The van der Waals surface area contributed by atoms with Gasteiger partial charge in [0.15, 0.2) is 0 Å². The predicted molar refractivity (Wildman–Crippen MR) is 61.8 cm³/mol. The Hall–Kier alpha value is -0.790. The zero-order chi connectivity index (χ0) is 11.2. The van der Waals surface area contributed by atoms with Crippen molar-refractivity contribution < 1.29 is 9.53 Å². The second-order valence-electron chi connectivity index (χ2n) is 5.70.